The number of alkyl halides is 4. The van der Waals surface area contributed by atoms with Crippen LogP contribution in [0.2, 0.25) is 0 Å². The topological polar surface area (TPSA) is 64.3 Å². The largest absolute Gasteiger partial charge is 0.508 e. The number of phenols is 1. The standard InChI is InChI=1S/C22H18F4N2O3/c1-31-20-9-3-13(2-8-19(30)14-4-6-16(29)7-5-14)10-15(20)12-28-18(22(25)26)11-17(27-28)21(23)24/h2-11,21-22,29H,12H2,1H3/b8-2+. The zero-order chi connectivity index (χ0) is 22.5. The van der Waals surface area contributed by atoms with E-state index in [4.69, 9.17) is 4.74 Å². The molecule has 5 nitrogen and oxygen atoms in total. The minimum absolute atomic E-state index is 0.0390. The molecule has 0 saturated carbocycles. The van der Waals surface area contributed by atoms with Gasteiger partial charge in [0.2, 0.25) is 0 Å². The highest BCUT2D eigenvalue weighted by molar-refractivity contribution is 6.06. The van der Waals surface area contributed by atoms with Gasteiger partial charge in [0.15, 0.2) is 5.78 Å². The molecule has 1 heterocycles. The van der Waals surface area contributed by atoms with Crippen molar-refractivity contribution in [1.29, 1.82) is 0 Å². The summed E-state index contributed by atoms with van der Waals surface area (Å²) < 4.78 is 58.4. The van der Waals surface area contributed by atoms with Gasteiger partial charge >= 0.3 is 0 Å². The summed E-state index contributed by atoms with van der Waals surface area (Å²) in [6.07, 6.45) is -3.09. The Labute approximate surface area is 175 Å². The molecule has 31 heavy (non-hydrogen) atoms. The average molecular weight is 434 g/mol. The van der Waals surface area contributed by atoms with Crippen LogP contribution in [0.1, 0.15) is 45.7 Å². The molecule has 0 bridgehead atoms. The summed E-state index contributed by atoms with van der Waals surface area (Å²) in [4.78, 5) is 12.3. The molecule has 0 saturated heterocycles. The van der Waals surface area contributed by atoms with E-state index < -0.39 is 24.2 Å². The maximum Gasteiger partial charge on any atom is 0.282 e. The first-order chi connectivity index (χ1) is 14.8. The van der Waals surface area contributed by atoms with Crippen LogP contribution in [0.5, 0.6) is 11.5 Å². The number of aromatic hydroxyl groups is 1. The van der Waals surface area contributed by atoms with E-state index in [9.17, 15) is 27.5 Å². The van der Waals surface area contributed by atoms with Crippen molar-refractivity contribution in [3.05, 3.63) is 82.7 Å². The Morgan fingerprint density at radius 2 is 1.81 bits per heavy atom. The summed E-state index contributed by atoms with van der Waals surface area (Å²) in [6.45, 7) is -0.219. The molecule has 0 aliphatic heterocycles. The summed E-state index contributed by atoms with van der Waals surface area (Å²) >= 11 is 0. The molecule has 3 aromatic rings. The summed E-state index contributed by atoms with van der Waals surface area (Å²) in [5.41, 5.74) is 0.0151. The van der Waals surface area contributed by atoms with Crippen LogP contribution in [-0.2, 0) is 6.54 Å². The Bertz CT molecular complexity index is 1090. The average Bonchev–Trinajstić information content (AvgIpc) is 3.17. The Morgan fingerprint density at radius 3 is 2.42 bits per heavy atom. The number of ether oxygens (including phenoxy) is 1. The van der Waals surface area contributed by atoms with Crippen LogP contribution in [0.4, 0.5) is 17.6 Å². The molecule has 3 rings (SSSR count). The second kappa shape index (κ2) is 9.46. The lowest BCUT2D eigenvalue weighted by atomic mass is 10.1. The number of allylic oxidation sites excluding steroid dienone is 1. The predicted molar refractivity (Wildman–Crippen MR) is 106 cm³/mol. The number of hydrogen-bond acceptors (Lipinski definition) is 4. The summed E-state index contributed by atoms with van der Waals surface area (Å²) in [6, 6.07) is 11.3. The number of rotatable bonds is 8. The molecule has 9 heteroatoms. The van der Waals surface area contributed by atoms with Crippen LogP contribution in [0.15, 0.2) is 54.6 Å². The van der Waals surface area contributed by atoms with Crippen molar-refractivity contribution in [2.24, 2.45) is 0 Å². The molecule has 0 spiro atoms. The fourth-order valence-corrected chi connectivity index (χ4v) is 2.94. The quantitative estimate of drug-likeness (QED) is 0.292. The zero-order valence-electron chi connectivity index (χ0n) is 16.3. The maximum atomic E-state index is 13.3. The van der Waals surface area contributed by atoms with Crippen molar-refractivity contribution in [2.45, 2.75) is 19.4 Å². The van der Waals surface area contributed by atoms with E-state index in [0.717, 1.165) is 4.68 Å². The molecule has 0 aliphatic carbocycles. The highest BCUT2D eigenvalue weighted by atomic mass is 19.3. The number of hydrogen-bond donors (Lipinski definition) is 1. The number of benzene rings is 2. The van der Waals surface area contributed by atoms with Crippen molar-refractivity contribution in [3.8, 4) is 11.5 Å². The van der Waals surface area contributed by atoms with Gasteiger partial charge in [-0.1, -0.05) is 12.1 Å². The van der Waals surface area contributed by atoms with Gasteiger partial charge in [0.25, 0.3) is 12.9 Å². The van der Waals surface area contributed by atoms with E-state index in [1.165, 1.54) is 43.5 Å². The van der Waals surface area contributed by atoms with Crippen LogP contribution in [0.25, 0.3) is 6.08 Å². The third-order valence-corrected chi connectivity index (χ3v) is 4.48. The van der Waals surface area contributed by atoms with E-state index in [0.29, 0.717) is 28.5 Å². The summed E-state index contributed by atoms with van der Waals surface area (Å²) in [7, 11) is 1.39. The molecule has 1 N–H and O–H groups in total. The summed E-state index contributed by atoms with van der Waals surface area (Å²) in [5.74, 6) is 0.0967. The lowest BCUT2D eigenvalue weighted by molar-refractivity contribution is 0.104. The van der Waals surface area contributed by atoms with Crippen molar-refractivity contribution in [3.63, 3.8) is 0 Å². The van der Waals surface area contributed by atoms with Gasteiger partial charge in [-0.3, -0.25) is 9.48 Å². The Kier molecular flexibility index (Phi) is 6.74. The van der Waals surface area contributed by atoms with Gasteiger partial charge in [-0.05, 0) is 54.1 Å². The van der Waals surface area contributed by atoms with Crippen LogP contribution < -0.4 is 4.74 Å². The van der Waals surface area contributed by atoms with Gasteiger partial charge < -0.3 is 9.84 Å². The normalized spacial score (nSPS) is 11.6. The first-order valence-corrected chi connectivity index (χ1v) is 9.10. The predicted octanol–water partition coefficient (Wildman–Crippen LogP) is 5.42. The highest BCUT2D eigenvalue weighted by Gasteiger charge is 2.22. The summed E-state index contributed by atoms with van der Waals surface area (Å²) in [5, 5.41) is 12.9. The van der Waals surface area contributed by atoms with Crippen LogP contribution in [0.3, 0.4) is 0 Å². The fourth-order valence-electron chi connectivity index (χ4n) is 2.94. The molecule has 0 aliphatic rings. The highest BCUT2D eigenvalue weighted by Crippen LogP contribution is 2.28. The van der Waals surface area contributed by atoms with Gasteiger partial charge in [-0.2, -0.15) is 5.10 Å². The van der Waals surface area contributed by atoms with E-state index in [1.807, 2.05) is 0 Å². The number of aromatic nitrogens is 2. The molecule has 1 aromatic heterocycles. The zero-order valence-corrected chi connectivity index (χ0v) is 16.3. The van der Waals surface area contributed by atoms with Gasteiger partial charge in [0, 0.05) is 11.1 Å². The molecule has 0 amide bonds. The number of carbonyl (C=O) groups is 1. The number of nitrogens with zero attached hydrogens (tertiary/aromatic N) is 2. The second-order valence-electron chi connectivity index (χ2n) is 6.57. The molecule has 162 valence electrons. The van der Waals surface area contributed by atoms with Crippen LogP contribution in [0, 0.1) is 0 Å². The molecule has 0 atom stereocenters. The van der Waals surface area contributed by atoms with E-state index in [-0.39, 0.29) is 18.1 Å². The fraction of sp³-hybridized carbons (Fsp3) is 0.182. The number of phenolic OH excluding ortho intramolecular Hbond substituents is 1. The maximum absolute atomic E-state index is 13.3. The van der Waals surface area contributed by atoms with Crippen LogP contribution in [-0.4, -0.2) is 27.8 Å². The number of halogens is 4. The van der Waals surface area contributed by atoms with Gasteiger partial charge in [-0.25, -0.2) is 17.6 Å². The number of methoxy groups -OCH3 is 1. The lowest BCUT2D eigenvalue weighted by Crippen LogP contribution is -2.08. The Hall–Kier alpha value is -3.62. The minimum atomic E-state index is -2.97. The van der Waals surface area contributed by atoms with Crippen molar-refractivity contribution in [2.75, 3.05) is 7.11 Å². The van der Waals surface area contributed by atoms with Crippen molar-refractivity contribution < 1.29 is 32.2 Å². The molecule has 0 unspecified atom stereocenters. The van der Waals surface area contributed by atoms with Gasteiger partial charge in [0.05, 0.1) is 13.7 Å². The third-order valence-electron chi connectivity index (χ3n) is 4.48. The van der Waals surface area contributed by atoms with E-state index in [1.54, 1.807) is 18.2 Å². The molecule has 0 fully saturated rings. The van der Waals surface area contributed by atoms with Gasteiger partial charge in [0.1, 0.15) is 22.9 Å². The molecule has 0 radical (unpaired) electrons. The second-order valence-corrected chi connectivity index (χ2v) is 6.57. The molecular weight excluding hydrogens is 416 g/mol. The first kappa shape index (κ1) is 22.1. The third kappa shape index (κ3) is 5.30. The number of carbonyl (C=O) groups excluding carboxylic acids is 1. The Balaban J connectivity index is 1.87. The van der Waals surface area contributed by atoms with Crippen LogP contribution >= 0.6 is 0 Å². The monoisotopic (exact) mass is 434 g/mol. The minimum Gasteiger partial charge on any atom is -0.508 e. The van der Waals surface area contributed by atoms with E-state index in [2.05, 4.69) is 5.10 Å². The SMILES string of the molecule is COc1ccc(/C=C/C(=O)c2ccc(O)cc2)cc1Cn1nc(C(F)F)cc1C(F)F. The Morgan fingerprint density at radius 1 is 1.10 bits per heavy atom. The molecule has 2 aromatic carbocycles. The van der Waals surface area contributed by atoms with Crippen molar-refractivity contribution in [1.82, 2.24) is 9.78 Å². The number of ketones is 1. The van der Waals surface area contributed by atoms with Crippen molar-refractivity contribution >= 4 is 11.9 Å². The van der Waals surface area contributed by atoms with E-state index >= 15 is 0 Å². The smallest absolute Gasteiger partial charge is 0.282 e. The van der Waals surface area contributed by atoms with Gasteiger partial charge in [-0.15, -0.1) is 0 Å². The lowest BCUT2D eigenvalue weighted by Gasteiger charge is -2.12. The first-order valence-electron chi connectivity index (χ1n) is 9.10. The molecular formula is C22H18F4N2O3.